The quantitative estimate of drug-likeness (QED) is 0.221. The number of aryl methyl sites for hydroxylation is 2. The molecule has 1 fully saturated rings. The molecule has 4 aromatic rings. The highest BCUT2D eigenvalue weighted by atomic mass is 16.5. The molecule has 5 rings (SSSR count). The predicted octanol–water partition coefficient (Wildman–Crippen LogP) is 6.07. The minimum Gasteiger partial charge on any atom is -0.490 e. The van der Waals surface area contributed by atoms with Crippen LogP contribution in [0.15, 0.2) is 72.9 Å². The number of hydrogen-bond acceptors (Lipinski definition) is 8. The van der Waals surface area contributed by atoms with Gasteiger partial charge in [-0.15, -0.1) is 0 Å². The highest BCUT2D eigenvalue weighted by Crippen LogP contribution is 2.33. The largest absolute Gasteiger partial charge is 0.490 e. The van der Waals surface area contributed by atoms with Crippen molar-refractivity contribution in [2.24, 2.45) is 0 Å². The van der Waals surface area contributed by atoms with Crippen LogP contribution < -0.4 is 20.1 Å². The van der Waals surface area contributed by atoms with E-state index in [4.69, 9.17) is 9.47 Å². The third kappa shape index (κ3) is 7.88. The summed E-state index contributed by atoms with van der Waals surface area (Å²) < 4.78 is 12.0. The van der Waals surface area contributed by atoms with E-state index in [-0.39, 0.29) is 17.4 Å². The summed E-state index contributed by atoms with van der Waals surface area (Å²) in [7, 11) is 2.18. The summed E-state index contributed by atoms with van der Waals surface area (Å²) in [5.74, 6) is 1.10. The lowest BCUT2D eigenvalue weighted by molar-refractivity contribution is 0.102. The first-order valence-electron chi connectivity index (χ1n) is 14.8. The van der Waals surface area contributed by atoms with Gasteiger partial charge in [0, 0.05) is 50.3 Å². The van der Waals surface area contributed by atoms with Crippen molar-refractivity contribution in [2.45, 2.75) is 27.2 Å². The number of likely N-dealkylation sites (N-methyl/N-ethyl adjacent to an activating group) is 1. The summed E-state index contributed by atoms with van der Waals surface area (Å²) in [5.41, 5.74) is 5.01. The third-order valence-electron chi connectivity index (χ3n) is 7.60. The van der Waals surface area contributed by atoms with Crippen LogP contribution in [-0.4, -0.2) is 72.1 Å². The molecule has 0 bridgehead atoms. The maximum atomic E-state index is 13.5. The molecule has 2 heterocycles. The van der Waals surface area contributed by atoms with E-state index in [9.17, 15) is 4.79 Å². The minimum absolute atomic E-state index is 0.122. The first-order chi connectivity index (χ1) is 20.9. The number of ether oxygens (including phenoxy) is 2. The molecule has 1 aliphatic heterocycles. The average molecular weight is 581 g/mol. The summed E-state index contributed by atoms with van der Waals surface area (Å²) in [4.78, 5) is 27.5. The van der Waals surface area contributed by atoms with Gasteiger partial charge in [0.2, 0.25) is 11.8 Å². The molecule has 1 aromatic heterocycles. The van der Waals surface area contributed by atoms with Gasteiger partial charge in [-0.2, -0.15) is 4.98 Å². The van der Waals surface area contributed by atoms with Crippen LogP contribution >= 0.6 is 0 Å². The number of nitrogens with zero attached hydrogens (tertiary/aromatic N) is 4. The third-order valence-corrected chi connectivity index (χ3v) is 7.60. The second kappa shape index (κ2) is 14.1. The van der Waals surface area contributed by atoms with Gasteiger partial charge in [0.05, 0.1) is 6.61 Å². The molecule has 224 valence electrons. The Labute approximate surface area is 253 Å². The Bertz CT molecular complexity index is 1510. The lowest BCUT2D eigenvalue weighted by atomic mass is 10.1. The molecule has 0 atom stereocenters. The highest BCUT2D eigenvalue weighted by molar-refractivity contribution is 6.06. The fraction of sp³-hybridized carbons (Fsp3) is 0.324. The molecule has 1 saturated heterocycles. The van der Waals surface area contributed by atoms with Crippen molar-refractivity contribution in [2.75, 3.05) is 57.0 Å². The lowest BCUT2D eigenvalue weighted by Crippen LogP contribution is -2.45. The molecule has 0 spiro atoms. The zero-order chi connectivity index (χ0) is 30.2. The van der Waals surface area contributed by atoms with Crippen LogP contribution in [0.4, 0.5) is 17.3 Å². The normalized spacial score (nSPS) is 13.9. The zero-order valence-electron chi connectivity index (χ0n) is 25.4. The number of anilines is 3. The molecule has 43 heavy (non-hydrogen) atoms. The van der Waals surface area contributed by atoms with E-state index in [1.165, 1.54) is 11.8 Å². The molecule has 1 amide bonds. The number of carbonyl (C=O) groups is 1. The SMILES string of the molecule is CCOc1ccccc1Oc1nc(Nc2ccc(CCN3CCN(C)CC3)cc2)ncc1C(=O)Nc1c(C)cccc1C. The number of carbonyl (C=O) groups excluding carboxylic acids is 1. The first-order valence-corrected chi connectivity index (χ1v) is 14.8. The molecule has 9 heteroatoms. The van der Waals surface area contributed by atoms with Crippen molar-refractivity contribution >= 4 is 23.2 Å². The van der Waals surface area contributed by atoms with Crippen molar-refractivity contribution < 1.29 is 14.3 Å². The second-order valence-electron chi connectivity index (χ2n) is 10.8. The van der Waals surface area contributed by atoms with Crippen LogP contribution in [0.3, 0.4) is 0 Å². The molecule has 9 nitrogen and oxygen atoms in total. The van der Waals surface area contributed by atoms with Gasteiger partial charge in [0.15, 0.2) is 11.5 Å². The van der Waals surface area contributed by atoms with Crippen LogP contribution in [-0.2, 0) is 6.42 Å². The van der Waals surface area contributed by atoms with E-state index >= 15 is 0 Å². The van der Waals surface area contributed by atoms with Gasteiger partial charge in [0.1, 0.15) is 5.56 Å². The number of benzene rings is 3. The highest BCUT2D eigenvalue weighted by Gasteiger charge is 2.20. The molecule has 2 N–H and O–H groups in total. The van der Waals surface area contributed by atoms with E-state index in [1.807, 2.05) is 69.3 Å². The monoisotopic (exact) mass is 580 g/mol. The summed E-state index contributed by atoms with van der Waals surface area (Å²) in [6.45, 7) is 11.8. The van der Waals surface area contributed by atoms with E-state index in [1.54, 1.807) is 6.07 Å². The maximum absolute atomic E-state index is 13.5. The van der Waals surface area contributed by atoms with E-state index < -0.39 is 0 Å². The summed E-state index contributed by atoms with van der Waals surface area (Å²) in [6, 6.07) is 21.5. The molecular formula is C34H40N6O3. The Balaban J connectivity index is 1.35. The predicted molar refractivity (Wildman–Crippen MR) is 171 cm³/mol. The van der Waals surface area contributed by atoms with Gasteiger partial charge >= 0.3 is 0 Å². The fourth-order valence-electron chi connectivity index (χ4n) is 5.01. The van der Waals surface area contributed by atoms with Gasteiger partial charge in [-0.3, -0.25) is 4.79 Å². The zero-order valence-corrected chi connectivity index (χ0v) is 25.4. The molecule has 0 saturated carbocycles. The fourth-order valence-corrected chi connectivity index (χ4v) is 5.01. The van der Waals surface area contributed by atoms with E-state index in [0.717, 1.165) is 61.6 Å². The Morgan fingerprint density at radius 2 is 1.60 bits per heavy atom. The van der Waals surface area contributed by atoms with Crippen molar-refractivity contribution in [3.8, 4) is 17.4 Å². The van der Waals surface area contributed by atoms with Crippen molar-refractivity contribution in [3.05, 3.63) is 95.2 Å². The van der Waals surface area contributed by atoms with Gasteiger partial charge in [-0.1, -0.05) is 42.5 Å². The first kappa shape index (κ1) is 30.0. The number of rotatable bonds is 11. The second-order valence-corrected chi connectivity index (χ2v) is 10.8. The number of aromatic nitrogens is 2. The average Bonchev–Trinajstić information content (AvgIpc) is 3.01. The topological polar surface area (TPSA) is 91.9 Å². The van der Waals surface area contributed by atoms with Gasteiger partial charge < -0.3 is 29.9 Å². The van der Waals surface area contributed by atoms with Crippen LogP contribution in [0.2, 0.25) is 0 Å². The van der Waals surface area contributed by atoms with Crippen LogP contribution in [0.5, 0.6) is 17.4 Å². The molecule has 3 aromatic carbocycles. The number of amides is 1. The molecule has 0 unspecified atom stereocenters. The summed E-state index contributed by atoms with van der Waals surface area (Å²) in [5, 5.41) is 6.28. The van der Waals surface area contributed by atoms with Crippen LogP contribution in [0.1, 0.15) is 34.0 Å². The number of hydrogen-bond donors (Lipinski definition) is 2. The molecular weight excluding hydrogens is 540 g/mol. The van der Waals surface area contributed by atoms with Crippen LogP contribution in [0, 0.1) is 13.8 Å². The Kier molecular flexibility index (Phi) is 9.86. The van der Waals surface area contributed by atoms with Crippen molar-refractivity contribution in [3.63, 3.8) is 0 Å². The number of piperazine rings is 1. The van der Waals surface area contributed by atoms with Gasteiger partial charge in [-0.05, 0) is 75.2 Å². The molecule has 0 radical (unpaired) electrons. The smallest absolute Gasteiger partial charge is 0.262 e. The van der Waals surface area contributed by atoms with Gasteiger partial charge in [0.25, 0.3) is 5.91 Å². The molecule has 0 aliphatic carbocycles. The summed E-state index contributed by atoms with van der Waals surface area (Å²) >= 11 is 0. The van der Waals surface area contributed by atoms with Crippen molar-refractivity contribution in [1.82, 2.24) is 19.8 Å². The van der Waals surface area contributed by atoms with Crippen molar-refractivity contribution in [1.29, 1.82) is 0 Å². The van der Waals surface area contributed by atoms with Crippen LogP contribution in [0.25, 0.3) is 0 Å². The minimum atomic E-state index is -0.363. The molecule has 1 aliphatic rings. The standard InChI is InChI=1S/C34H40N6O3/c1-5-42-29-11-6-7-12-30(29)43-33-28(32(41)37-31-24(2)9-8-10-25(31)3)23-35-34(38-33)36-27-15-13-26(14-16-27)17-18-40-21-19-39(4)20-22-40/h6-16,23H,5,17-22H2,1-4H3,(H,37,41)(H,35,36,38). The Morgan fingerprint density at radius 3 is 2.30 bits per heavy atom. The maximum Gasteiger partial charge on any atom is 0.262 e. The van der Waals surface area contributed by atoms with Gasteiger partial charge in [-0.25, -0.2) is 4.98 Å². The Hall–Kier alpha value is -4.47. The number of para-hydroxylation sites is 3. The number of nitrogens with one attached hydrogen (secondary N) is 2. The van der Waals surface area contributed by atoms with E-state index in [2.05, 4.69) is 49.6 Å². The lowest BCUT2D eigenvalue weighted by Gasteiger charge is -2.32. The van der Waals surface area contributed by atoms with E-state index in [0.29, 0.717) is 24.1 Å². The Morgan fingerprint density at radius 1 is 0.907 bits per heavy atom. The summed E-state index contributed by atoms with van der Waals surface area (Å²) in [6.07, 6.45) is 2.49.